The summed E-state index contributed by atoms with van der Waals surface area (Å²) < 4.78 is 2.12. The van der Waals surface area contributed by atoms with Crippen LogP contribution in [0.15, 0.2) is 24.3 Å². The summed E-state index contributed by atoms with van der Waals surface area (Å²) in [5.41, 5.74) is 1.59. The van der Waals surface area contributed by atoms with E-state index in [1.807, 2.05) is 25.2 Å². The molecular weight excluding hydrogens is 236 g/mol. The van der Waals surface area contributed by atoms with Crippen molar-refractivity contribution in [1.29, 1.82) is 0 Å². The van der Waals surface area contributed by atoms with Crippen LogP contribution in [0.2, 0.25) is 0 Å². The highest BCUT2D eigenvalue weighted by Crippen LogP contribution is 2.36. The van der Waals surface area contributed by atoms with Crippen molar-refractivity contribution in [1.82, 2.24) is 9.55 Å². The van der Waals surface area contributed by atoms with E-state index in [0.717, 1.165) is 36.1 Å². The van der Waals surface area contributed by atoms with Crippen molar-refractivity contribution in [3.05, 3.63) is 30.1 Å². The number of fused-ring (bicyclic) bond motifs is 1. The van der Waals surface area contributed by atoms with Crippen LogP contribution in [-0.4, -0.2) is 20.3 Å². The number of hydrogen-bond acceptors (Lipinski definition) is 2. The van der Waals surface area contributed by atoms with Crippen molar-refractivity contribution in [2.45, 2.75) is 44.6 Å². The maximum absolute atomic E-state index is 10.9. The molecule has 19 heavy (non-hydrogen) atoms. The lowest BCUT2D eigenvalue weighted by atomic mass is 9.74. The van der Waals surface area contributed by atoms with Crippen LogP contribution in [0.4, 0.5) is 0 Å². The molecule has 1 aromatic heterocycles. The van der Waals surface area contributed by atoms with Crippen molar-refractivity contribution in [3.63, 3.8) is 0 Å². The molecule has 102 valence electrons. The van der Waals surface area contributed by atoms with Gasteiger partial charge in [-0.3, -0.25) is 0 Å². The highest BCUT2D eigenvalue weighted by molar-refractivity contribution is 5.75. The number of aliphatic hydroxyl groups is 1. The van der Waals surface area contributed by atoms with Crippen LogP contribution in [0.3, 0.4) is 0 Å². The van der Waals surface area contributed by atoms with Gasteiger partial charge >= 0.3 is 0 Å². The highest BCUT2D eigenvalue weighted by Gasteiger charge is 2.37. The molecule has 2 unspecified atom stereocenters. The van der Waals surface area contributed by atoms with Gasteiger partial charge in [-0.25, -0.2) is 4.98 Å². The third kappa shape index (κ3) is 2.16. The molecule has 1 saturated carbocycles. The van der Waals surface area contributed by atoms with Crippen molar-refractivity contribution in [2.24, 2.45) is 13.0 Å². The number of imidazole rings is 1. The van der Waals surface area contributed by atoms with E-state index in [9.17, 15) is 5.11 Å². The van der Waals surface area contributed by atoms with Gasteiger partial charge in [-0.1, -0.05) is 31.9 Å². The average molecular weight is 258 g/mol. The fraction of sp³-hybridized carbons (Fsp3) is 0.562. The molecule has 0 spiro atoms. The summed E-state index contributed by atoms with van der Waals surface area (Å²) in [5.74, 6) is 1.36. The Morgan fingerprint density at radius 2 is 2.16 bits per heavy atom. The Morgan fingerprint density at radius 3 is 2.89 bits per heavy atom. The lowest BCUT2D eigenvalue weighted by molar-refractivity contribution is -0.0423. The number of hydrogen-bond donors (Lipinski definition) is 1. The summed E-state index contributed by atoms with van der Waals surface area (Å²) in [6, 6.07) is 8.16. The summed E-state index contributed by atoms with van der Waals surface area (Å²) in [5, 5.41) is 10.9. The number of nitrogens with zero attached hydrogens (tertiary/aromatic N) is 2. The normalized spacial score (nSPS) is 27.8. The minimum atomic E-state index is -0.576. The average Bonchev–Trinajstić information content (AvgIpc) is 2.71. The molecule has 3 heteroatoms. The molecule has 2 aromatic rings. The number of rotatable bonds is 2. The first-order valence-electron chi connectivity index (χ1n) is 7.23. The second-order valence-electron chi connectivity index (χ2n) is 6.00. The Balaban J connectivity index is 1.94. The zero-order valence-corrected chi connectivity index (χ0v) is 11.8. The molecule has 1 heterocycles. The fourth-order valence-electron chi connectivity index (χ4n) is 3.29. The van der Waals surface area contributed by atoms with E-state index in [-0.39, 0.29) is 0 Å². The second kappa shape index (κ2) is 4.64. The lowest BCUT2D eigenvalue weighted by Gasteiger charge is -2.38. The van der Waals surface area contributed by atoms with Gasteiger partial charge in [-0.15, -0.1) is 0 Å². The van der Waals surface area contributed by atoms with Crippen LogP contribution >= 0.6 is 0 Å². The quantitative estimate of drug-likeness (QED) is 0.899. The monoisotopic (exact) mass is 258 g/mol. The van der Waals surface area contributed by atoms with E-state index in [1.165, 1.54) is 6.42 Å². The molecule has 3 nitrogen and oxygen atoms in total. The van der Waals surface area contributed by atoms with Crippen LogP contribution in [-0.2, 0) is 13.5 Å². The Bertz CT molecular complexity index is 589. The first kappa shape index (κ1) is 12.7. The smallest absolute Gasteiger partial charge is 0.112 e. The molecule has 3 rings (SSSR count). The van der Waals surface area contributed by atoms with Crippen molar-refractivity contribution >= 4 is 11.0 Å². The Labute approximate surface area is 114 Å². The molecule has 1 aliphatic carbocycles. The summed E-state index contributed by atoms with van der Waals surface area (Å²) in [6.07, 6.45) is 5.06. The molecule has 2 atom stereocenters. The second-order valence-corrected chi connectivity index (χ2v) is 6.00. The zero-order valence-electron chi connectivity index (χ0n) is 11.8. The predicted molar refractivity (Wildman–Crippen MR) is 77.0 cm³/mol. The summed E-state index contributed by atoms with van der Waals surface area (Å²) in [4.78, 5) is 4.69. The molecule has 0 amide bonds. The third-order valence-electron chi connectivity index (χ3n) is 4.76. The SMILES string of the molecule is CC1CCCCC1(O)Cc1nc2ccccc2n1C. The Hall–Kier alpha value is -1.35. The van der Waals surface area contributed by atoms with Crippen LogP contribution in [0, 0.1) is 5.92 Å². The van der Waals surface area contributed by atoms with Crippen LogP contribution in [0.25, 0.3) is 11.0 Å². The number of aryl methyl sites for hydroxylation is 1. The minimum absolute atomic E-state index is 0.362. The van der Waals surface area contributed by atoms with Gasteiger partial charge in [-0.05, 0) is 30.9 Å². The number of para-hydroxylation sites is 2. The fourth-order valence-corrected chi connectivity index (χ4v) is 3.29. The van der Waals surface area contributed by atoms with Gasteiger partial charge in [0.1, 0.15) is 5.82 Å². The van der Waals surface area contributed by atoms with Gasteiger partial charge < -0.3 is 9.67 Å². The maximum atomic E-state index is 10.9. The topological polar surface area (TPSA) is 38.1 Å². The van der Waals surface area contributed by atoms with E-state index in [0.29, 0.717) is 12.3 Å². The molecule has 0 radical (unpaired) electrons. The molecule has 0 aliphatic heterocycles. The van der Waals surface area contributed by atoms with Crippen LogP contribution in [0.1, 0.15) is 38.4 Å². The standard InChI is InChI=1S/C16H22N2O/c1-12-7-5-6-10-16(12,19)11-15-17-13-8-3-4-9-14(13)18(15)2/h3-4,8-9,12,19H,5-7,10-11H2,1-2H3. The van der Waals surface area contributed by atoms with E-state index >= 15 is 0 Å². The van der Waals surface area contributed by atoms with Gasteiger partial charge in [0.15, 0.2) is 0 Å². The van der Waals surface area contributed by atoms with Crippen molar-refractivity contribution in [3.8, 4) is 0 Å². The summed E-state index contributed by atoms with van der Waals surface area (Å²) in [7, 11) is 2.04. The summed E-state index contributed by atoms with van der Waals surface area (Å²) >= 11 is 0. The van der Waals surface area contributed by atoms with Crippen LogP contribution < -0.4 is 0 Å². The van der Waals surface area contributed by atoms with Crippen molar-refractivity contribution < 1.29 is 5.11 Å². The number of benzene rings is 1. The molecule has 0 bridgehead atoms. The van der Waals surface area contributed by atoms with E-state index in [4.69, 9.17) is 0 Å². The van der Waals surface area contributed by atoms with Crippen molar-refractivity contribution in [2.75, 3.05) is 0 Å². The molecular formula is C16H22N2O. The zero-order chi connectivity index (χ0) is 13.5. The first-order chi connectivity index (χ1) is 9.10. The lowest BCUT2D eigenvalue weighted by Crippen LogP contribution is -2.41. The van der Waals surface area contributed by atoms with Gasteiger partial charge in [-0.2, -0.15) is 0 Å². The maximum Gasteiger partial charge on any atom is 0.112 e. The first-order valence-corrected chi connectivity index (χ1v) is 7.23. The molecule has 1 fully saturated rings. The predicted octanol–water partition coefficient (Wildman–Crippen LogP) is 3.06. The Morgan fingerprint density at radius 1 is 1.37 bits per heavy atom. The highest BCUT2D eigenvalue weighted by atomic mass is 16.3. The number of aromatic nitrogens is 2. The van der Waals surface area contributed by atoms with E-state index in [1.54, 1.807) is 0 Å². The molecule has 1 N–H and O–H groups in total. The molecule has 1 aromatic carbocycles. The van der Waals surface area contributed by atoms with Gasteiger partial charge in [0.05, 0.1) is 16.6 Å². The minimum Gasteiger partial charge on any atom is -0.389 e. The van der Waals surface area contributed by atoms with Gasteiger partial charge in [0.25, 0.3) is 0 Å². The van der Waals surface area contributed by atoms with Gasteiger partial charge in [0, 0.05) is 13.5 Å². The molecule has 1 aliphatic rings. The molecule has 0 saturated heterocycles. The van der Waals surface area contributed by atoms with E-state index < -0.39 is 5.60 Å². The largest absolute Gasteiger partial charge is 0.389 e. The third-order valence-corrected chi connectivity index (χ3v) is 4.76. The van der Waals surface area contributed by atoms with Gasteiger partial charge in [0.2, 0.25) is 0 Å². The Kier molecular flexibility index (Phi) is 3.09. The van der Waals surface area contributed by atoms with Crippen LogP contribution in [0.5, 0.6) is 0 Å². The van der Waals surface area contributed by atoms with E-state index in [2.05, 4.69) is 22.5 Å². The summed E-state index contributed by atoms with van der Waals surface area (Å²) in [6.45, 7) is 2.17.